The number of hydrogen-bond acceptors (Lipinski definition) is 8. The van der Waals surface area contributed by atoms with Crippen molar-refractivity contribution in [3.63, 3.8) is 0 Å². The number of unbranched alkanes of at least 4 members (excludes halogenated alkanes) is 1. The summed E-state index contributed by atoms with van der Waals surface area (Å²) in [5, 5.41) is 17.7. The first kappa shape index (κ1) is 21.7. The maximum absolute atomic E-state index is 11.8. The summed E-state index contributed by atoms with van der Waals surface area (Å²) in [4.78, 5) is 30.9. The highest BCUT2D eigenvalue weighted by Gasteiger charge is 2.23. The number of hydrogen-bond donors (Lipinski definition) is 2. The topological polar surface area (TPSA) is 119 Å². The number of aryl methyl sites for hydroxylation is 1. The van der Waals surface area contributed by atoms with Crippen LogP contribution in [0, 0.1) is 10.1 Å². The van der Waals surface area contributed by atoms with Crippen LogP contribution in [0.1, 0.15) is 35.7 Å². The number of aromatic nitrogens is 2. The van der Waals surface area contributed by atoms with Crippen molar-refractivity contribution in [1.82, 2.24) is 9.97 Å². The Morgan fingerprint density at radius 2 is 1.55 bits per heavy atom. The second-order valence-corrected chi connectivity index (χ2v) is 6.80. The van der Waals surface area contributed by atoms with Crippen LogP contribution < -0.4 is 10.6 Å². The van der Waals surface area contributed by atoms with Crippen LogP contribution in [0.15, 0.2) is 54.9 Å². The van der Waals surface area contributed by atoms with Crippen molar-refractivity contribution in [2.75, 3.05) is 17.7 Å². The number of methoxy groups -OCH3 is 1. The van der Waals surface area contributed by atoms with E-state index in [4.69, 9.17) is 0 Å². The molecule has 0 aliphatic rings. The fourth-order valence-electron chi connectivity index (χ4n) is 2.95. The lowest BCUT2D eigenvalue weighted by Gasteiger charge is -2.11. The van der Waals surface area contributed by atoms with Gasteiger partial charge in [0.25, 0.3) is 0 Å². The zero-order valence-corrected chi connectivity index (χ0v) is 17.3. The van der Waals surface area contributed by atoms with Crippen LogP contribution in [0.5, 0.6) is 0 Å². The van der Waals surface area contributed by atoms with Gasteiger partial charge in [-0.3, -0.25) is 10.1 Å². The normalized spacial score (nSPS) is 10.4. The number of esters is 1. The van der Waals surface area contributed by atoms with Crippen LogP contribution in [-0.2, 0) is 11.2 Å². The Hall–Kier alpha value is -4.01. The Kier molecular flexibility index (Phi) is 7.10. The zero-order valence-electron chi connectivity index (χ0n) is 17.3. The maximum Gasteiger partial charge on any atom is 0.353 e. The zero-order chi connectivity index (χ0) is 22.2. The summed E-state index contributed by atoms with van der Waals surface area (Å²) in [6.07, 6.45) is 4.47. The molecule has 0 saturated carbocycles. The Morgan fingerprint density at radius 1 is 1.00 bits per heavy atom. The van der Waals surface area contributed by atoms with Crippen molar-refractivity contribution in [1.29, 1.82) is 0 Å². The van der Waals surface area contributed by atoms with Gasteiger partial charge < -0.3 is 15.4 Å². The lowest BCUT2D eigenvalue weighted by molar-refractivity contribution is -0.383. The molecule has 3 aromatic rings. The number of rotatable bonds is 9. The molecule has 1 heterocycles. The summed E-state index contributed by atoms with van der Waals surface area (Å²) in [6.45, 7) is 2.14. The van der Waals surface area contributed by atoms with Gasteiger partial charge in [0.15, 0.2) is 0 Å². The van der Waals surface area contributed by atoms with E-state index in [1.807, 2.05) is 24.3 Å². The number of nitrogens with zero attached hydrogens (tertiary/aromatic N) is 3. The predicted molar refractivity (Wildman–Crippen MR) is 118 cm³/mol. The Morgan fingerprint density at radius 3 is 2.03 bits per heavy atom. The second kappa shape index (κ2) is 10.1. The molecule has 0 saturated heterocycles. The van der Waals surface area contributed by atoms with E-state index < -0.39 is 10.9 Å². The van der Waals surface area contributed by atoms with Crippen molar-refractivity contribution in [3.05, 3.63) is 76.1 Å². The number of anilines is 4. The summed E-state index contributed by atoms with van der Waals surface area (Å²) in [7, 11) is 1.30. The minimum Gasteiger partial charge on any atom is -0.465 e. The number of benzene rings is 2. The highest BCUT2D eigenvalue weighted by molar-refractivity contribution is 5.90. The third kappa shape index (κ3) is 5.53. The molecule has 0 amide bonds. The van der Waals surface area contributed by atoms with E-state index in [9.17, 15) is 14.9 Å². The van der Waals surface area contributed by atoms with Crippen LogP contribution in [0.2, 0.25) is 0 Å². The summed E-state index contributed by atoms with van der Waals surface area (Å²) >= 11 is 0. The first-order chi connectivity index (χ1) is 15.0. The SMILES string of the molecule is CCCCc1ccc(Nc2ncnc(Nc3ccc(C(=O)OC)cc3)c2[N+](=O)[O-])cc1. The predicted octanol–water partition coefficient (Wildman–Crippen LogP) is 5.00. The average molecular weight is 421 g/mol. The standard InChI is InChI=1S/C22H23N5O4/c1-3-4-5-15-6-10-17(11-7-15)25-20-19(27(29)30)21(24-14-23-20)26-18-12-8-16(9-13-18)22(28)31-2/h6-14H,3-5H2,1-2H3,(H2,23,24,25,26). The van der Waals surface area contributed by atoms with Gasteiger partial charge in [0.05, 0.1) is 17.6 Å². The van der Waals surface area contributed by atoms with Crippen LogP contribution in [-0.4, -0.2) is 28.0 Å². The van der Waals surface area contributed by atoms with Gasteiger partial charge >= 0.3 is 11.7 Å². The minimum absolute atomic E-state index is 0.0351. The number of carbonyl (C=O) groups excluding carboxylic acids is 1. The largest absolute Gasteiger partial charge is 0.465 e. The van der Waals surface area contributed by atoms with E-state index in [0.29, 0.717) is 16.9 Å². The fraction of sp³-hybridized carbons (Fsp3) is 0.227. The molecular weight excluding hydrogens is 398 g/mol. The molecule has 0 atom stereocenters. The molecule has 1 aromatic heterocycles. The maximum atomic E-state index is 11.8. The molecule has 0 unspecified atom stereocenters. The Balaban J connectivity index is 1.82. The molecule has 9 heteroatoms. The molecule has 160 valence electrons. The third-order valence-electron chi connectivity index (χ3n) is 4.61. The van der Waals surface area contributed by atoms with E-state index in [0.717, 1.165) is 19.3 Å². The molecule has 2 aromatic carbocycles. The molecular formula is C22H23N5O4. The van der Waals surface area contributed by atoms with Crippen molar-refractivity contribution < 1.29 is 14.5 Å². The van der Waals surface area contributed by atoms with Crippen LogP contribution in [0.4, 0.5) is 28.7 Å². The van der Waals surface area contributed by atoms with Crippen LogP contribution in [0.25, 0.3) is 0 Å². The molecule has 2 N–H and O–H groups in total. The van der Waals surface area contributed by atoms with Gasteiger partial charge in [-0.25, -0.2) is 14.8 Å². The first-order valence-electron chi connectivity index (χ1n) is 9.82. The molecule has 3 rings (SSSR count). The van der Waals surface area contributed by atoms with E-state index in [1.165, 1.54) is 19.0 Å². The van der Waals surface area contributed by atoms with Crippen molar-refractivity contribution in [3.8, 4) is 0 Å². The number of nitro groups is 1. The summed E-state index contributed by atoms with van der Waals surface area (Å²) in [5.74, 6) is -0.352. The summed E-state index contributed by atoms with van der Waals surface area (Å²) in [5.41, 5.74) is 2.52. The fourth-order valence-corrected chi connectivity index (χ4v) is 2.95. The van der Waals surface area contributed by atoms with Crippen molar-refractivity contribution in [2.24, 2.45) is 0 Å². The van der Waals surface area contributed by atoms with Gasteiger partial charge in [0, 0.05) is 11.4 Å². The van der Waals surface area contributed by atoms with Gasteiger partial charge in [-0.1, -0.05) is 25.5 Å². The van der Waals surface area contributed by atoms with Crippen molar-refractivity contribution in [2.45, 2.75) is 26.2 Å². The quantitative estimate of drug-likeness (QED) is 0.281. The summed E-state index contributed by atoms with van der Waals surface area (Å²) < 4.78 is 4.67. The molecule has 0 aliphatic carbocycles. The van der Waals surface area contributed by atoms with E-state index >= 15 is 0 Å². The minimum atomic E-state index is -0.539. The van der Waals surface area contributed by atoms with Gasteiger partial charge in [-0.15, -0.1) is 0 Å². The van der Waals surface area contributed by atoms with E-state index in [-0.39, 0.29) is 17.3 Å². The van der Waals surface area contributed by atoms with Crippen molar-refractivity contribution >= 4 is 34.7 Å². The highest BCUT2D eigenvalue weighted by Crippen LogP contribution is 2.33. The lowest BCUT2D eigenvalue weighted by Crippen LogP contribution is -2.06. The molecule has 0 bridgehead atoms. The third-order valence-corrected chi connectivity index (χ3v) is 4.61. The second-order valence-electron chi connectivity index (χ2n) is 6.80. The monoisotopic (exact) mass is 421 g/mol. The molecule has 0 aliphatic heterocycles. The first-order valence-corrected chi connectivity index (χ1v) is 9.82. The number of carbonyl (C=O) groups is 1. The molecule has 0 fully saturated rings. The molecule has 9 nitrogen and oxygen atoms in total. The molecule has 0 radical (unpaired) electrons. The Labute approximate surface area is 179 Å². The van der Waals surface area contributed by atoms with Gasteiger partial charge in [0.1, 0.15) is 6.33 Å². The van der Waals surface area contributed by atoms with E-state index in [2.05, 4.69) is 32.3 Å². The van der Waals surface area contributed by atoms with Crippen LogP contribution >= 0.6 is 0 Å². The van der Waals surface area contributed by atoms with E-state index in [1.54, 1.807) is 24.3 Å². The smallest absolute Gasteiger partial charge is 0.353 e. The molecule has 31 heavy (non-hydrogen) atoms. The summed E-state index contributed by atoms with van der Waals surface area (Å²) in [6, 6.07) is 14.1. The van der Waals surface area contributed by atoms with Crippen LogP contribution in [0.3, 0.4) is 0 Å². The van der Waals surface area contributed by atoms with Gasteiger partial charge in [-0.05, 0) is 54.8 Å². The lowest BCUT2D eigenvalue weighted by atomic mass is 10.1. The average Bonchev–Trinajstić information content (AvgIpc) is 2.78. The molecule has 0 spiro atoms. The highest BCUT2D eigenvalue weighted by atomic mass is 16.6. The number of nitrogens with one attached hydrogen (secondary N) is 2. The van der Waals surface area contributed by atoms with Gasteiger partial charge in [-0.2, -0.15) is 0 Å². The van der Waals surface area contributed by atoms with Gasteiger partial charge in [0.2, 0.25) is 11.6 Å². The number of ether oxygens (including phenoxy) is 1. The Bertz CT molecular complexity index is 1050.